The highest BCUT2D eigenvalue weighted by molar-refractivity contribution is 6.07. The molecule has 2 rings (SSSR count). The molecule has 0 atom stereocenters. The van der Waals surface area contributed by atoms with E-state index >= 15 is 0 Å². The Hall–Kier alpha value is -2.89. The second-order valence-electron chi connectivity index (χ2n) is 4.74. The summed E-state index contributed by atoms with van der Waals surface area (Å²) in [6.07, 6.45) is 1.62. The van der Waals surface area contributed by atoms with Gasteiger partial charge < -0.3 is 15.4 Å². The number of benzene rings is 1. The maximum absolute atomic E-state index is 12.4. The SMILES string of the molecule is COc1ccc(NC(C)=O)cc1C(=O)Nc1ccnc(C)c1. The van der Waals surface area contributed by atoms with Gasteiger partial charge in [-0.2, -0.15) is 0 Å². The fourth-order valence-electron chi connectivity index (χ4n) is 1.99. The Morgan fingerprint density at radius 1 is 1.09 bits per heavy atom. The second kappa shape index (κ2) is 6.71. The summed E-state index contributed by atoms with van der Waals surface area (Å²) in [5, 5.41) is 5.42. The van der Waals surface area contributed by atoms with E-state index in [1.54, 1.807) is 36.5 Å². The molecule has 0 aliphatic rings. The smallest absolute Gasteiger partial charge is 0.259 e. The third kappa shape index (κ3) is 3.82. The molecule has 0 aliphatic carbocycles. The molecular weight excluding hydrogens is 282 g/mol. The first-order valence-electron chi connectivity index (χ1n) is 6.69. The Balaban J connectivity index is 2.28. The highest BCUT2D eigenvalue weighted by Gasteiger charge is 2.14. The number of amides is 2. The van der Waals surface area contributed by atoms with Crippen molar-refractivity contribution < 1.29 is 14.3 Å². The van der Waals surface area contributed by atoms with Crippen molar-refractivity contribution in [3.63, 3.8) is 0 Å². The number of rotatable bonds is 4. The van der Waals surface area contributed by atoms with Crippen molar-refractivity contribution in [2.24, 2.45) is 0 Å². The van der Waals surface area contributed by atoms with Crippen LogP contribution in [0.2, 0.25) is 0 Å². The minimum atomic E-state index is -0.324. The van der Waals surface area contributed by atoms with E-state index in [-0.39, 0.29) is 11.8 Å². The average molecular weight is 299 g/mol. The van der Waals surface area contributed by atoms with Gasteiger partial charge in [0.25, 0.3) is 5.91 Å². The molecule has 2 aromatic rings. The molecule has 0 saturated carbocycles. The maximum Gasteiger partial charge on any atom is 0.259 e. The molecule has 0 saturated heterocycles. The Bertz CT molecular complexity index is 714. The molecule has 2 N–H and O–H groups in total. The van der Waals surface area contributed by atoms with E-state index in [9.17, 15) is 9.59 Å². The standard InChI is InChI=1S/C16H17N3O3/c1-10-8-13(6-7-17-10)19-16(21)14-9-12(18-11(2)20)4-5-15(14)22-3/h4-9H,1-3H3,(H,18,20)(H,17,19,21). The van der Waals surface area contributed by atoms with Crippen molar-refractivity contribution in [3.05, 3.63) is 47.8 Å². The minimum absolute atomic E-state index is 0.207. The molecular formula is C16H17N3O3. The van der Waals surface area contributed by atoms with Gasteiger partial charge in [0.1, 0.15) is 5.75 Å². The van der Waals surface area contributed by atoms with Crippen LogP contribution < -0.4 is 15.4 Å². The van der Waals surface area contributed by atoms with Gasteiger partial charge in [0, 0.05) is 30.2 Å². The van der Waals surface area contributed by atoms with E-state index in [1.807, 2.05) is 6.92 Å². The number of ether oxygens (including phenoxy) is 1. The lowest BCUT2D eigenvalue weighted by atomic mass is 10.1. The quantitative estimate of drug-likeness (QED) is 0.909. The maximum atomic E-state index is 12.4. The number of pyridine rings is 1. The summed E-state index contributed by atoms with van der Waals surface area (Å²) >= 11 is 0. The zero-order valence-corrected chi connectivity index (χ0v) is 12.6. The summed E-state index contributed by atoms with van der Waals surface area (Å²) in [6.45, 7) is 3.25. The van der Waals surface area contributed by atoms with Crippen LogP contribution in [0.4, 0.5) is 11.4 Å². The number of aromatic nitrogens is 1. The van der Waals surface area contributed by atoms with E-state index in [1.165, 1.54) is 14.0 Å². The largest absolute Gasteiger partial charge is 0.496 e. The molecule has 1 aromatic carbocycles. The zero-order chi connectivity index (χ0) is 16.1. The third-order valence-corrected chi connectivity index (χ3v) is 2.92. The summed E-state index contributed by atoms with van der Waals surface area (Å²) < 4.78 is 5.20. The van der Waals surface area contributed by atoms with Crippen molar-refractivity contribution in [2.75, 3.05) is 17.7 Å². The monoisotopic (exact) mass is 299 g/mol. The van der Waals surface area contributed by atoms with Crippen molar-refractivity contribution in [2.45, 2.75) is 13.8 Å². The summed E-state index contributed by atoms with van der Waals surface area (Å²) in [4.78, 5) is 27.6. The molecule has 22 heavy (non-hydrogen) atoms. The van der Waals surface area contributed by atoms with Crippen LogP contribution >= 0.6 is 0 Å². The van der Waals surface area contributed by atoms with Gasteiger partial charge in [-0.25, -0.2) is 0 Å². The van der Waals surface area contributed by atoms with E-state index in [4.69, 9.17) is 4.74 Å². The van der Waals surface area contributed by atoms with Crippen LogP contribution in [0.25, 0.3) is 0 Å². The third-order valence-electron chi connectivity index (χ3n) is 2.92. The number of hydrogen-bond donors (Lipinski definition) is 2. The molecule has 0 bridgehead atoms. The van der Waals surface area contributed by atoms with Crippen LogP contribution in [0.5, 0.6) is 5.75 Å². The fourth-order valence-corrected chi connectivity index (χ4v) is 1.99. The van der Waals surface area contributed by atoms with Gasteiger partial charge in [-0.3, -0.25) is 14.6 Å². The van der Waals surface area contributed by atoms with Crippen molar-refractivity contribution >= 4 is 23.2 Å². The lowest BCUT2D eigenvalue weighted by Gasteiger charge is -2.11. The summed E-state index contributed by atoms with van der Waals surface area (Å²) in [7, 11) is 1.49. The normalized spacial score (nSPS) is 9.95. The van der Waals surface area contributed by atoms with Gasteiger partial charge in [0.15, 0.2) is 0 Å². The fraction of sp³-hybridized carbons (Fsp3) is 0.188. The van der Waals surface area contributed by atoms with E-state index < -0.39 is 0 Å². The number of hydrogen-bond acceptors (Lipinski definition) is 4. The summed E-state index contributed by atoms with van der Waals surface area (Å²) in [6, 6.07) is 8.35. The first-order chi connectivity index (χ1) is 10.5. The number of nitrogens with zero attached hydrogens (tertiary/aromatic N) is 1. The molecule has 1 aromatic heterocycles. The van der Waals surface area contributed by atoms with Crippen molar-refractivity contribution in [1.29, 1.82) is 0 Å². The summed E-state index contributed by atoms with van der Waals surface area (Å²) in [5.74, 6) is -0.103. The van der Waals surface area contributed by atoms with Gasteiger partial charge in [0.2, 0.25) is 5.91 Å². The van der Waals surface area contributed by atoms with Gasteiger partial charge >= 0.3 is 0 Å². The lowest BCUT2D eigenvalue weighted by Crippen LogP contribution is -2.14. The topological polar surface area (TPSA) is 80.3 Å². The summed E-state index contributed by atoms with van der Waals surface area (Å²) in [5.41, 5.74) is 2.31. The molecule has 6 heteroatoms. The molecule has 0 unspecified atom stereocenters. The van der Waals surface area contributed by atoms with Gasteiger partial charge in [0.05, 0.1) is 12.7 Å². The van der Waals surface area contributed by atoms with E-state index in [0.29, 0.717) is 22.7 Å². The Morgan fingerprint density at radius 3 is 2.45 bits per heavy atom. The van der Waals surface area contributed by atoms with Crippen molar-refractivity contribution in [1.82, 2.24) is 4.98 Å². The number of carbonyl (C=O) groups is 2. The number of carbonyl (C=O) groups excluding carboxylic acids is 2. The zero-order valence-electron chi connectivity index (χ0n) is 12.6. The minimum Gasteiger partial charge on any atom is -0.496 e. The Labute approximate surface area is 128 Å². The van der Waals surface area contributed by atoms with Gasteiger partial charge in [-0.15, -0.1) is 0 Å². The molecule has 2 amide bonds. The molecule has 0 fully saturated rings. The number of aryl methyl sites for hydroxylation is 1. The van der Waals surface area contributed by atoms with E-state index in [0.717, 1.165) is 5.69 Å². The van der Waals surface area contributed by atoms with E-state index in [2.05, 4.69) is 15.6 Å². The first kappa shape index (κ1) is 15.5. The molecule has 0 radical (unpaired) electrons. The first-order valence-corrected chi connectivity index (χ1v) is 6.69. The number of methoxy groups -OCH3 is 1. The van der Waals surface area contributed by atoms with Gasteiger partial charge in [-0.05, 0) is 37.3 Å². The number of nitrogens with one attached hydrogen (secondary N) is 2. The molecule has 0 spiro atoms. The molecule has 6 nitrogen and oxygen atoms in total. The highest BCUT2D eigenvalue weighted by Crippen LogP contribution is 2.24. The molecule has 0 aliphatic heterocycles. The van der Waals surface area contributed by atoms with Crippen LogP contribution in [0.15, 0.2) is 36.5 Å². The Kier molecular flexibility index (Phi) is 4.73. The van der Waals surface area contributed by atoms with Crippen LogP contribution in [0, 0.1) is 6.92 Å². The highest BCUT2D eigenvalue weighted by atomic mass is 16.5. The average Bonchev–Trinajstić information content (AvgIpc) is 2.46. The number of anilines is 2. The van der Waals surface area contributed by atoms with Crippen LogP contribution in [-0.2, 0) is 4.79 Å². The predicted molar refractivity (Wildman–Crippen MR) is 84.2 cm³/mol. The van der Waals surface area contributed by atoms with Crippen LogP contribution in [-0.4, -0.2) is 23.9 Å². The molecule has 114 valence electrons. The second-order valence-corrected chi connectivity index (χ2v) is 4.74. The van der Waals surface area contributed by atoms with Crippen LogP contribution in [0.3, 0.4) is 0 Å². The Morgan fingerprint density at radius 2 is 1.82 bits per heavy atom. The predicted octanol–water partition coefficient (Wildman–Crippen LogP) is 2.61. The lowest BCUT2D eigenvalue weighted by molar-refractivity contribution is -0.114. The molecule has 1 heterocycles. The van der Waals surface area contributed by atoms with Crippen LogP contribution in [0.1, 0.15) is 23.0 Å². The van der Waals surface area contributed by atoms with Crippen molar-refractivity contribution in [3.8, 4) is 5.75 Å². The van der Waals surface area contributed by atoms with Gasteiger partial charge in [-0.1, -0.05) is 0 Å².